The number of para-hydroxylation sites is 1. The second-order valence-electron chi connectivity index (χ2n) is 6.19. The van der Waals surface area contributed by atoms with E-state index in [9.17, 15) is 9.59 Å². The van der Waals surface area contributed by atoms with Crippen molar-refractivity contribution in [2.45, 2.75) is 13.5 Å². The summed E-state index contributed by atoms with van der Waals surface area (Å²) >= 11 is 0. The molecule has 8 nitrogen and oxygen atoms in total. The van der Waals surface area contributed by atoms with Gasteiger partial charge in [0, 0.05) is 37.3 Å². The molecule has 2 aromatic rings. The molecule has 0 unspecified atom stereocenters. The van der Waals surface area contributed by atoms with E-state index in [0.29, 0.717) is 45.1 Å². The van der Waals surface area contributed by atoms with Gasteiger partial charge in [0.2, 0.25) is 0 Å². The molecule has 2 aliphatic heterocycles. The van der Waals surface area contributed by atoms with Gasteiger partial charge < -0.3 is 19.3 Å². The van der Waals surface area contributed by atoms with E-state index in [4.69, 9.17) is 9.47 Å². The number of rotatable bonds is 2. The number of benzene rings is 1. The van der Waals surface area contributed by atoms with Gasteiger partial charge in [-0.25, -0.2) is 4.79 Å². The van der Waals surface area contributed by atoms with Crippen LogP contribution >= 0.6 is 0 Å². The number of carbonyl (C=O) groups is 2. The SMILES string of the molecule is CCOC(=O)N1CCN(C(=O)c2[nH]nc3c2COc2ccccc2-3)CC1. The fourth-order valence-corrected chi connectivity index (χ4v) is 3.31. The summed E-state index contributed by atoms with van der Waals surface area (Å²) in [6.07, 6.45) is -0.330. The average Bonchev–Trinajstić information content (AvgIpc) is 3.12. The van der Waals surface area contributed by atoms with Crippen molar-refractivity contribution in [1.29, 1.82) is 0 Å². The number of hydrogen-bond acceptors (Lipinski definition) is 5. The molecule has 2 aliphatic rings. The molecule has 4 rings (SSSR count). The lowest BCUT2D eigenvalue weighted by atomic mass is 10.0. The van der Waals surface area contributed by atoms with Gasteiger partial charge in [-0.1, -0.05) is 12.1 Å². The van der Waals surface area contributed by atoms with Crippen molar-refractivity contribution < 1.29 is 19.1 Å². The van der Waals surface area contributed by atoms with Crippen molar-refractivity contribution >= 4 is 12.0 Å². The largest absolute Gasteiger partial charge is 0.488 e. The van der Waals surface area contributed by atoms with Gasteiger partial charge in [-0.3, -0.25) is 9.89 Å². The molecule has 3 heterocycles. The minimum absolute atomic E-state index is 0.120. The van der Waals surface area contributed by atoms with Crippen molar-refractivity contribution in [2.75, 3.05) is 32.8 Å². The molecule has 2 amide bonds. The van der Waals surface area contributed by atoms with Crippen LogP contribution in [0.15, 0.2) is 24.3 Å². The lowest BCUT2D eigenvalue weighted by Gasteiger charge is -2.34. The van der Waals surface area contributed by atoms with Gasteiger partial charge in [-0.2, -0.15) is 5.10 Å². The zero-order valence-electron chi connectivity index (χ0n) is 14.5. The lowest BCUT2D eigenvalue weighted by molar-refractivity contribution is 0.0564. The Hall–Kier alpha value is -3.03. The molecule has 0 bridgehead atoms. The Morgan fingerprint density at radius 2 is 1.92 bits per heavy atom. The number of hydrogen-bond donors (Lipinski definition) is 1. The predicted molar refractivity (Wildman–Crippen MR) is 92.9 cm³/mol. The van der Waals surface area contributed by atoms with Gasteiger partial charge in [0.1, 0.15) is 23.7 Å². The fourth-order valence-electron chi connectivity index (χ4n) is 3.31. The first kappa shape index (κ1) is 16.4. The van der Waals surface area contributed by atoms with E-state index >= 15 is 0 Å². The Morgan fingerprint density at radius 3 is 2.69 bits per heavy atom. The van der Waals surface area contributed by atoms with Crippen molar-refractivity contribution in [3.63, 3.8) is 0 Å². The Morgan fingerprint density at radius 1 is 1.19 bits per heavy atom. The maximum Gasteiger partial charge on any atom is 0.409 e. The summed E-state index contributed by atoms with van der Waals surface area (Å²) in [6.45, 7) is 4.28. The van der Waals surface area contributed by atoms with E-state index in [1.165, 1.54) is 0 Å². The number of ether oxygens (including phenoxy) is 2. The monoisotopic (exact) mass is 356 g/mol. The van der Waals surface area contributed by atoms with Gasteiger partial charge in [0.25, 0.3) is 5.91 Å². The van der Waals surface area contributed by atoms with Crippen molar-refractivity contribution in [3.05, 3.63) is 35.5 Å². The van der Waals surface area contributed by atoms with Crippen molar-refractivity contribution in [1.82, 2.24) is 20.0 Å². The Kier molecular flexibility index (Phi) is 4.24. The van der Waals surface area contributed by atoms with Crippen LogP contribution in [-0.2, 0) is 11.3 Å². The quantitative estimate of drug-likeness (QED) is 0.888. The molecule has 0 aliphatic carbocycles. The van der Waals surface area contributed by atoms with Gasteiger partial charge >= 0.3 is 6.09 Å². The van der Waals surface area contributed by atoms with Crippen LogP contribution in [0, 0.1) is 0 Å². The van der Waals surface area contributed by atoms with E-state index in [2.05, 4.69) is 10.2 Å². The summed E-state index contributed by atoms with van der Waals surface area (Å²) < 4.78 is 10.8. The maximum absolute atomic E-state index is 12.9. The molecule has 0 spiro atoms. The fraction of sp³-hybridized carbons (Fsp3) is 0.389. The summed E-state index contributed by atoms with van der Waals surface area (Å²) in [7, 11) is 0. The summed E-state index contributed by atoms with van der Waals surface area (Å²) in [5, 5.41) is 7.23. The van der Waals surface area contributed by atoms with E-state index in [-0.39, 0.29) is 12.0 Å². The van der Waals surface area contributed by atoms with E-state index in [0.717, 1.165) is 22.6 Å². The van der Waals surface area contributed by atoms with Crippen LogP contribution in [0.25, 0.3) is 11.3 Å². The number of aromatic nitrogens is 2. The smallest absolute Gasteiger partial charge is 0.409 e. The number of nitrogens with one attached hydrogen (secondary N) is 1. The number of H-pyrrole nitrogens is 1. The minimum atomic E-state index is -0.330. The third-order valence-corrected chi connectivity index (χ3v) is 4.69. The first-order chi connectivity index (χ1) is 12.7. The van der Waals surface area contributed by atoms with Crippen LogP contribution < -0.4 is 4.74 Å². The summed E-state index contributed by atoms with van der Waals surface area (Å²) in [4.78, 5) is 28.0. The first-order valence-corrected chi connectivity index (χ1v) is 8.69. The van der Waals surface area contributed by atoms with Crippen LogP contribution in [-0.4, -0.2) is 64.8 Å². The minimum Gasteiger partial charge on any atom is -0.488 e. The van der Waals surface area contributed by atoms with Crippen molar-refractivity contribution in [2.24, 2.45) is 0 Å². The summed E-state index contributed by atoms with van der Waals surface area (Å²) in [5.74, 6) is 0.652. The second-order valence-corrected chi connectivity index (χ2v) is 6.19. The zero-order chi connectivity index (χ0) is 18.1. The second kappa shape index (κ2) is 6.70. The van der Waals surface area contributed by atoms with Crippen LogP contribution in [0.2, 0.25) is 0 Å². The molecular weight excluding hydrogens is 336 g/mol. The Labute approximate surface area is 150 Å². The Balaban J connectivity index is 1.50. The van der Waals surface area contributed by atoms with Gasteiger partial charge in [0.05, 0.1) is 6.61 Å². The van der Waals surface area contributed by atoms with E-state index in [1.54, 1.807) is 16.7 Å². The number of carbonyl (C=O) groups excluding carboxylic acids is 2. The van der Waals surface area contributed by atoms with Gasteiger partial charge in [-0.05, 0) is 19.1 Å². The van der Waals surface area contributed by atoms with Gasteiger partial charge in [0.15, 0.2) is 0 Å². The highest BCUT2D eigenvalue weighted by Crippen LogP contribution is 2.37. The van der Waals surface area contributed by atoms with Crippen LogP contribution in [0.3, 0.4) is 0 Å². The van der Waals surface area contributed by atoms with Crippen LogP contribution in [0.4, 0.5) is 4.79 Å². The molecule has 0 saturated carbocycles. The first-order valence-electron chi connectivity index (χ1n) is 8.69. The molecule has 1 fully saturated rings. The number of amides is 2. The van der Waals surface area contributed by atoms with E-state index in [1.807, 2.05) is 24.3 Å². The standard InChI is InChI=1S/C18H20N4O4/c1-2-25-18(24)22-9-7-21(8-10-22)17(23)16-13-11-26-14-6-4-3-5-12(14)15(13)19-20-16/h3-6H,2,7-11H2,1H3,(H,19,20). The molecule has 1 N–H and O–H groups in total. The highest BCUT2D eigenvalue weighted by atomic mass is 16.6. The highest BCUT2D eigenvalue weighted by molar-refractivity contribution is 5.96. The highest BCUT2D eigenvalue weighted by Gasteiger charge is 2.31. The number of piperazine rings is 1. The summed E-state index contributed by atoms with van der Waals surface area (Å²) in [6, 6.07) is 7.65. The molecule has 26 heavy (non-hydrogen) atoms. The number of nitrogens with zero attached hydrogens (tertiary/aromatic N) is 3. The number of fused-ring (bicyclic) bond motifs is 3. The Bertz CT molecular complexity index is 839. The topological polar surface area (TPSA) is 87.8 Å². The summed E-state index contributed by atoms with van der Waals surface area (Å²) in [5.41, 5.74) is 2.89. The third-order valence-electron chi connectivity index (χ3n) is 4.69. The maximum atomic E-state index is 12.9. The van der Waals surface area contributed by atoms with Crippen LogP contribution in [0.1, 0.15) is 23.0 Å². The normalized spacial score (nSPS) is 15.7. The van der Waals surface area contributed by atoms with Crippen LogP contribution in [0.5, 0.6) is 5.75 Å². The molecule has 0 atom stereocenters. The molecule has 8 heteroatoms. The zero-order valence-corrected chi connectivity index (χ0v) is 14.5. The van der Waals surface area contributed by atoms with Crippen molar-refractivity contribution in [3.8, 4) is 17.0 Å². The molecule has 136 valence electrons. The third kappa shape index (κ3) is 2.77. The van der Waals surface area contributed by atoms with E-state index < -0.39 is 0 Å². The molecular formula is C18H20N4O4. The molecule has 1 saturated heterocycles. The predicted octanol–water partition coefficient (Wildman–Crippen LogP) is 1.88. The number of aromatic amines is 1. The average molecular weight is 356 g/mol. The molecule has 1 aromatic carbocycles. The molecule has 1 aromatic heterocycles. The lowest BCUT2D eigenvalue weighted by Crippen LogP contribution is -2.51. The molecule has 0 radical (unpaired) electrons. The van der Waals surface area contributed by atoms with Gasteiger partial charge in [-0.15, -0.1) is 0 Å².